The monoisotopic (exact) mass is 402 g/mol. The topological polar surface area (TPSA) is 107 Å². The Hall–Kier alpha value is -4.07. The van der Waals surface area contributed by atoms with Gasteiger partial charge in [0.05, 0.1) is 17.6 Å². The standard InChI is InChI=1S/C18H15F2N7O2/c1-3-8-27-10-22-16(26-27)11-4-5-12(14(9-11)29-18(19)20)24-13-6-7-23-25-15(13)17(28)21-2/h1,4-7,9-10,18H,8H2,2H3,(H,21,28)(H,23,24)/i2D3. The first-order valence-electron chi connectivity index (χ1n) is 9.49. The Labute approximate surface area is 168 Å². The van der Waals surface area contributed by atoms with Crippen molar-refractivity contribution in [3.63, 3.8) is 0 Å². The van der Waals surface area contributed by atoms with Crippen molar-refractivity contribution in [3.8, 4) is 29.5 Å². The maximum Gasteiger partial charge on any atom is 0.387 e. The van der Waals surface area contributed by atoms with Gasteiger partial charge in [0, 0.05) is 16.7 Å². The van der Waals surface area contributed by atoms with Gasteiger partial charge in [-0.3, -0.25) is 4.79 Å². The zero-order valence-electron chi connectivity index (χ0n) is 17.6. The molecule has 0 saturated carbocycles. The van der Waals surface area contributed by atoms with Gasteiger partial charge >= 0.3 is 6.61 Å². The zero-order valence-corrected chi connectivity index (χ0v) is 14.6. The van der Waals surface area contributed by atoms with Gasteiger partial charge in [-0.15, -0.1) is 11.5 Å². The van der Waals surface area contributed by atoms with E-state index in [1.165, 1.54) is 41.5 Å². The quantitative estimate of drug-likeness (QED) is 0.583. The highest BCUT2D eigenvalue weighted by molar-refractivity contribution is 5.98. The van der Waals surface area contributed by atoms with Crippen LogP contribution >= 0.6 is 0 Å². The molecular formula is C18H15F2N7O2. The second-order valence-electron chi connectivity index (χ2n) is 5.43. The van der Waals surface area contributed by atoms with E-state index < -0.39 is 19.5 Å². The number of amides is 1. The molecule has 0 fully saturated rings. The number of aromatic nitrogens is 5. The Morgan fingerprint density at radius 1 is 1.41 bits per heavy atom. The number of halogens is 2. The molecule has 0 atom stereocenters. The highest BCUT2D eigenvalue weighted by atomic mass is 19.3. The molecular weight excluding hydrogens is 384 g/mol. The summed E-state index contributed by atoms with van der Waals surface area (Å²) < 4.78 is 53.5. The van der Waals surface area contributed by atoms with E-state index in [0.717, 1.165) is 0 Å². The van der Waals surface area contributed by atoms with E-state index in [4.69, 9.17) is 10.5 Å². The molecule has 0 aliphatic rings. The number of carbonyl (C=O) groups is 1. The summed E-state index contributed by atoms with van der Waals surface area (Å²) in [4.78, 5) is 16.3. The summed E-state index contributed by atoms with van der Waals surface area (Å²) in [5, 5.41) is 15.9. The van der Waals surface area contributed by atoms with Crippen LogP contribution in [0.15, 0.2) is 36.8 Å². The van der Waals surface area contributed by atoms with E-state index in [0.29, 0.717) is 5.56 Å². The molecule has 1 amide bonds. The first kappa shape index (κ1) is 15.9. The zero-order chi connectivity index (χ0) is 23.3. The van der Waals surface area contributed by atoms with Crippen molar-refractivity contribution in [1.29, 1.82) is 0 Å². The lowest BCUT2D eigenvalue weighted by Gasteiger charge is -2.15. The van der Waals surface area contributed by atoms with Gasteiger partial charge in [0.1, 0.15) is 18.6 Å². The molecule has 148 valence electrons. The van der Waals surface area contributed by atoms with Crippen molar-refractivity contribution < 1.29 is 22.4 Å². The smallest absolute Gasteiger partial charge is 0.387 e. The number of ether oxygens (including phenoxy) is 1. The molecule has 0 spiro atoms. The first-order valence-corrected chi connectivity index (χ1v) is 7.99. The van der Waals surface area contributed by atoms with Crippen molar-refractivity contribution in [2.75, 3.05) is 12.3 Å². The lowest BCUT2D eigenvalue weighted by Crippen LogP contribution is -2.21. The van der Waals surface area contributed by atoms with Crippen LogP contribution in [-0.4, -0.2) is 44.5 Å². The van der Waals surface area contributed by atoms with Crippen LogP contribution in [0.25, 0.3) is 11.4 Å². The molecule has 2 aromatic heterocycles. The molecule has 29 heavy (non-hydrogen) atoms. The van der Waals surface area contributed by atoms with Crippen LogP contribution in [0.5, 0.6) is 5.75 Å². The lowest BCUT2D eigenvalue weighted by molar-refractivity contribution is -0.0493. The van der Waals surface area contributed by atoms with Crippen LogP contribution in [0.2, 0.25) is 0 Å². The van der Waals surface area contributed by atoms with Crippen LogP contribution in [0, 0.1) is 12.3 Å². The molecule has 3 rings (SSSR count). The molecule has 9 nitrogen and oxygen atoms in total. The van der Waals surface area contributed by atoms with Gasteiger partial charge in [-0.25, -0.2) is 9.67 Å². The molecule has 0 saturated heterocycles. The summed E-state index contributed by atoms with van der Waals surface area (Å²) in [7, 11) is 0. The molecule has 0 radical (unpaired) electrons. The van der Waals surface area contributed by atoms with Crippen LogP contribution in [0.3, 0.4) is 0 Å². The molecule has 0 aliphatic heterocycles. The summed E-state index contributed by atoms with van der Waals surface area (Å²) in [6.07, 6.45) is 7.86. The van der Waals surface area contributed by atoms with Gasteiger partial charge in [0.2, 0.25) is 0 Å². The minimum absolute atomic E-state index is 0.0186. The number of nitrogens with one attached hydrogen (secondary N) is 2. The van der Waals surface area contributed by atoms with Gasteiger partial charge in [0.25, 0.3) is 5.91 Å². The van der Waals surface area contributed by atoms with Crippen LogP contribution in [0.4, 0.5) is 20.2 Å². The molecule has 11 heteroatoms. The van der Waals surface area contributed by atoms with Gasteiger partial charge in [0.15, 0.2) is 11.5 Å². The highest BCUT2D eigenvalue weighted by Crippen LogP contribution is 2.33. The van der Waals surface area contributed by atoms with Crippen molar-refractivity contribution in [3.05, 3.63) is 42.5 Å². The summed E-state index contributed by atoms with van der Waals surface area (Å²) in [5.74, 6) is 1.33. The second kappa shape index (κ2) is 8.75. The van der Waals surface area contributed by atoms with Crippen molar-refractivity contribution >= 4 is 17.3 Å². The van der Waals surface area contributed by atoms with Gasteiger partial charge in [-0.2, -0.15) is 19.0 Å². The van der Waals surface area contributed by atoms with Crippen LogP contribution < -0.4 is 15.4 Å². The molecule has 2 N–H and O–H groups in total. The fourth-order valence-corrected chi connectivity index (χ4v) is 2.36. The average molecular weight is 402 g/mol. The molecule has 2 heterocycles. The van der Waals surface area contributed by atoms with E-state index in [1.807, 2.05) is 0 Å². The number of terminal acetylenes is 1. The molecule has 0 unspecified atom stereocenters. The van der Waals surface area contributed by atoms with Crippen molar-refractivity contribution in [2.45, 2.75) is 13.2 Å². The second-order valence-corrected chi connectivity index (χ2v) is 5.43. The fourth-order valence-electron chi connectivity index (χ4n) is 2.36. The number of benzene rings is 1. The minimum Gasteiger partial charge on any atom is -0.433 e. The van der Waals surface area contributed by atoms with E-state index >= 15 is 0 Å². The number of hydrogen-bond acceptors (Lipinski definition) is 7. The molecule has 0 bridgehead atoms. The predicted octanol–water partition coefficient (Wildman–Crippen LogP) is 2.07. The Morgan fingerprint density at radius 3 is 3.03 bits per heavy atom. The third-order valence-corrected chi connectivity index (χ3v) is 3.56. The first-order chi connectivity index (χ1) is 15.2. The lowest BCUT2D eigenvalue weighted by atomic mass is 10.1. The summed E-state index contributed by atoms with van der Waals surface area (Å²) in [5.41, 5.74) is 0.0821. The van der Waals surface area contributed by atoms with E-state index in [2.05, 4.69) is 36.3 Å². The average Bonchev–Trinajstić information content (AvgIpc) is 3.17. The Balaban J connectivity index is 1.94. The number of anilines is 2. The Kier molecular flexibility index (Phi) is 4.81. The highest BCUT2D eigenvalue weighted by Gasteiger charge is 2.17. The maximum absolute atomic E-state index is 13.0. The van der Waals surface area contributed by atoms with Gasteiger partial charge < -0.3 is 15.4 Å². The third kappa shape index (κ3) is 4.62. The molecule has 1 aromatic carbocycles. The van der Waals surface area contributed by atoms with Gasteiger partial charge in [-0.05, 0) is 24.3 Å². The van der Waals surface area contributed by atoms with E-state index in [9.17, 15) is 13.6 Å². The van der Waals surface area contributed by atoms with Crippen molar-refractivity contribution in [1.82, 2.24) is 30.3 Å². The Bertz CT molecular complexity index is 1160. The van der Waals surface area contributed by atoms with Crippen LogP contribution in [-0.2, 0) is 6.54 Å². The number of nitrogens with zero attached hydrogens (tertiary/aromatic N) is 5. The SMILES string of the molecule is [2H]C([2H])([2H])NC(=O)c1nnccc1Nc1ccc(-c2ncn(CC#C)n2)cc1OC(F)F. The minimum atomic E-state index is -3.15. The number of rotatable bonds is 7. The number of alkyl halides is 2. The Morgan fingerprint density at radius 2 is 2.28 bits per heavy atom. The third-order valence-electron chi connectivity index (χ3n) is 3.56. The van der Waals surface area contributed by atoms with E-state index in [1.54, 1.807) is 5.32 Å². The summed E-state index contributed by atoms with van der Waals surface area (Å²) >= 11 is 0. The summed E-state index contributed by atoms with van der Waals surface area (Å²) in [6.45, 7) is -5.72. The largest absolute Gasteiger partial charge is 0.433 e. The van der Waals surface area contributed by atoms with E-state index in [-0.39, 0.29) is 35.2 Å². The number of carbonyl (C=O) groups excluding carboxylic acids is 1. The van der Waals surface area contributed by atoms with Crippen molar-refractivity contribution in [2.24, 2.45) is 0 Å². The normalized spacial score (nSPS) is 12.4. The number of hydrogen-bond donors (Lipinski definition) is 2. The summed E-state index contributed by atoms with van der Waals surface area (Å²) in [6, 6.07) is 5.54. The predicted molar refractivity (Wildman–Crippen MR) is 99.6 cm³/mol. The molecule has 0 aliphatic carbocycles. The van der Waals surface area contributed by atoms with Crippen LogP contribution in [0.1, 0.15) is 14.6 Å². The maximum atomic E-state index is 13.0. The fraction of sp³-hybridized carbons (Fsp3) is 0.167. The molecule has 3 aromatic rings. The van der Waals surface area contributed by atoms with Gasteiger partial charge in [-0.1, -0.05) is 5.92 Å².